The van der Waals surface area contributed by atoms with Crippen LogP contribution in [-0.2, 0) is 0 Å². The van der Waals surface area contributed by atoms with Crippen LogP contribution in [0.25, 0.3) is 21.5 Å². The molecule has 0 fully saturated rings. The molecular formula is C15H8N2O2. The summed E-state index contributed by atoms with van der Waals surface area (Å²) in [6, 6.07) is 16.5. The van der Waals surface area contributed by atoms with Crippen LogP contribution < -0.4 is 0 Å². The molecule has 0 bridgehead atoms. The standard InChI is InChI=1S/C15H8N2O2/c16-9-14-13-8-11-4-2-1-3-10(11)7-12(13)5-6-15(14)17(18)19/h1-8H. The average molecular weight is 248 g/mol. The minimum Gasteiger partial charge on any atom is -0.258 e. The second kappa shape index (κ2) is 4.07. The maximum atomic E-state index is 10.9. The van der Waals surface area contributed by atoms with Gasteiger partial charge in [-0.2, -0.15) is 5.26 Å². The van der Waals surface area contributed by atoms with E-state index < -0.39 is 4.92 Å². The molecule has 0 aliphatic rings. The number of nitro benzene ring substituents is 1. The third-order valence-corrected chi connectivity index (χ3v) is 3.17. The molecule has 0 atom stereocenters. The molecular weight excluding hydrogens is 240 g/mol. The summed E-state index contributed by atoms with van der Waals surface area (Å²) < 4.78 is 0. The summed E-state index contributed by atoms with van der Waals surface area (Å²) in [4.78, 5) is 10.4. The molecule has 0 spiro atoms. The van der Waals surface area contributed by atoms with E-state index in [9.17, 15) is 15.4 Å². The number of benzene rings is 3. The van der Waals surface area contributed by atoms with Crippen molar-refractivity contribution < 1.29 is 4.92 Å². The molecule has 0 aliphatic carbocycles. The van der Waals surface area contributed by atoms with Crippen molar-refractivity contribution in [3.8, 4) is 6.07 Å². The summed E-state index contributed by atoms with van der Waals surface area (Å²) in [5, 5.41) is 23.6. The van der Waals surface area contributed by atoms with Crippen LogP contribution in [0.5, 0.6) is 0 Å². The van der Waals surface area contributed by atoms with Gasteiger partial charge in [-0.3, -0.25) is 10.1 Å². The van der Waals surface area contributed by atoms with E-state index in [2.05, 4.69) is 0 Å². The molecule has 3 rings (SSSR count). The number of hydrogen-bond donors (Lipinski definition) is 0. The molecule has 0 N–H and O–H groups in total. The monoisotopic (exact) mass is 248 g/mol. The zero-order chi connectivity index (χ0) is 13.4. The van der Waals surface area contributed by atoms with Gasteiger partial charge in [0.15, 0.2) is 0 Å². The lowest BCUT2D eigenvalue weighted by Gasteiger charge is -2.04. The molecule has 3 aromatic rings. The second-order valence-electron chi connectivity index (χ2n) is 4.25. The zero-order valence-electron chi connectivity index (χ0n) is 9.83. The van der Waals surface area contributed by atoms with Crippen molar-refractivity contribution >= 4 is 27.2 Å². The van der Waals surface area contributed by atoms with Crippen molar-refractivity contribution in [3.05, 3.63) is 64.2 Å². The van der Waals surface area contributed by atoms with Crippen LogP contribution in [0.1, 0.15) is 5.56 Å². The number of rotatable bonds is 1. The summed E-state index contributed by atoms with van der Waals surface area (Å²) in [6.07, 6.45) is 0. The summed E-state index contributed by atoms with van der Waals surface area (Å²) in [5.74, 6) is 0. The number of nitriles is 1. The van der Waals surface area contributed by atoms with Crippen molar-refractivity contribution in [2.24, 2.45) is 0 Å². The highest BCUT2D eigenvalue weighted by molar-refractivity contribution is 6.01. The van der Waals surface area contributed by atoms with Crippen LogP contribution in [0.3, 0.4) is 0 Å². The fraction of sp³-hybridized carbons (Fsp3) is 0. The normalized spacial score (nSPS) is 10.5. The Morgan fingerprint density at radius 3 is 2.32 bits per heavy atom. The van der Waals surface area contributed by atoms with Crippen molar-refractivity contribution in [3.63, 3.8) is 0 Å². The highest BCUT2D eigenvalue weighted by Gasteiger charge is 2.16. The van der Waals surface area contributed by atoms with Gasteiger partial charge in [0.1, 0.15) is 11.6 Å². The molecule has 3 aromatic carbocycles. The summed E-state index contributed by atoms with van der Waals surface area (Å²) >= 11 is 0. The van der Waals surface area contributed by atoms with Gasteiger partial charge in [0, 0.05) is 11.5 Å². The van der Waals surface area contributed by atoms with Crippen LogP contribution in [0.2, 0.25) is 0 Å². The van der Waals surface area contributed by atoms with E-state index in [1.807, 2.05) is 42.5 Å². The Balaban J connectivity index is 2.48. The largest absolute Gasteiger partial charge is 0.287 e. The van der Waals surface area contributed by atoms with Crippen molar-refractivity contribution in [1.29, 1.82) is 5.26 Å². The van der Waals surface area contributed by atoms with Gasteiger partial charge in [-0.15, -0.1) is 0 Å². The van der Waals surface area contributed by atoms with E-state index in [-0.39, 0.29) is 11.3 Å². The van der Waals surface area contributed by atoms with Crippen LogP contribution in [0.4, 0.5) is 5.69 Å². The van der Waals surface area contributed by atoms with E-state index in [0.29, 0.717) is 5.39 Å². The lowest BCUT2D eigenvalue weighted by molar-refractivity contribution is -0.385. The van der Waals surface area contributed by atoms with Crippen LogP contribution in [0.15, 0.2) is 48.5 Å². The lowest BCUT2D eigenvalue weighted by Crippen LogP contribution is -1.93. The molecule has 0 amide bonds. The van der Waals surface area contributed by atoms with E-state index in [4.69, 9.17) is 0 Å². The minimum atomic E-state index is -0.521. The molecule has 4 nitrogen and oxygen atoms in total. The quantitative estimate of drug-likeness (QED) is 0.374. The number of fused-ring (bicyclic) bond motifs is 2. The first-order chi connectivity index (χ1) is 9.20. The van der Waals surface area contributed by atoms with Gasteiger partial charge in [-0.05, 0) is 34.4 Å². The Morgan fingerprint density at radius 1 is 1.00 bits per heavy atom. The number of hydrogen-bond acceptors (Lipinski definition) is 3. The van der Waals surface area contributed by atoms with Crippen molar-refractivity contribution in [2.75, 3.05) is 0 Å². The van der Waals surface area contributed by atoms with Gasteiger partial charge in [-0.1, -0.05) is 24.3 Å². The SMILES string of the molecule is N#Cc1c([N+](=O)[O-])ccc2cc3ccccc3cc12. The summed E-state index contributed by atoms with van der Waals surface area (Å²) in [6.45, 7) is 0. The molecule has 19 heavy (non-hydrogen) atoms. The summed E-state index contributed by atoms with van der Waals surface area (Å²) in [5.41, 5.74) is -0.0291. The fourth-order valence-electron chi connectivity index (χ4n) is 2.27. The molecule has 0 saturated carbocycles. The van der Waals surface area contributed by atoms with Gasteiger partial charge >= 0.3 is 0 Å². The van der Waals surface area contributed by atoms with Crippen molar-refractivity contribution in [2.45, 2.75) is 0 Å². The predicted octanol–water partition coefficient (Wildman–Crippen LogP) is 3.77. The molecule has 4 heteroatoms. The molecule has 0 saturated heterocycles. The Labute approximate surface area is 108 Å². The van der Waals surface area contributed by atoms with Gasteiger partial charge in [-0.25, -0.2) is 0 Å². The van der Waals surface area contributed by atoms with E-state index in [0.717, 1.165) is 16.2 Å². The third kappa shape index (κ3) is 1.69. The smallest absolute Gasteiger partial charge is 0.258 e. The molecule has 0 radical (unpaired) electrons. The van der Waals surface area contributed by atoms with Crippen molar-refractivity contribution in [1.82, 2.24) is 0 Å². The lowest BCUT2D eigenvalue weighted by atomic mass is 9.99. The summed E-state index contributed by atoms with van der Waals surface area (Å²) in [7, 11) is 0. The average Bonchev–Trinajstić information content (AvgIpc) is 2.43. The van der Waals surface area contributed by atoms with E-state index >= 15 is 0 Å². The first-order valence-corrected chi connectivity index (χ1v) is 5.71. The van der Waals surface area contributed by atoms with Gasteiger partial charge in [0.2, 0.25) is 0 Å². The predicted molar refractivity (Wildman–Crippen MR) is 72.8 cm³/mol. The molecule has 0 aliphatic heterocycles. The Bertz CT molecular complexity index is 863. The second-order valence-corrected chi connectivity index (χ2v) is 4.25. The topological polar surface area (TPSA) is 66.9 Å². The maximum absolute atomic E-state index is 10.9. The van der Waals surface area contributed by atoms with Crippen LogP contribution in [-0.4, -0.2) is 4.92 Å². The zero-order valence-corrected chi connectivity index (χ0v) is 9.83. The minimum absolute atomic E-state index is 0.119. The molecule has 0 aromatic heterocycles. The first-order valence-electron chi connectivity index (χ1n) is 5.71. The Hall–Kier alpha value is -2.93. The number of nitro groups is 1. The third-order valence-electron chi connectivity index (χ3n) is 3.17. The van der Waals surface area contributed by atoms with Crippen LogP contribution >= 0.6 is 0 Å². The number of nitrogens with zero attached hydrogens (tertiary/aromatic N) is 2. The Morgan fingerprint density at radius 2 is 1.68 bits per heavy atom. The highest BCUT2D eigenvalue weighted by atomic mass is 16.6. The van der Waals surface area contributed by atoms with Gasteiger partial charge in [0.25, 0.3) is 5.69 Å². The Kier molecular flexibility index (Phi) is 2.39. The van der Waals surface area contributed by atoms with E-state index in [1.54, 1.807) is 6.07 Å². The van der Waals surface area contributed by atoms with Gasteiger partial charge < -0.3 is 0 Å². The first kappa shape index (κ1) is 11.2. The van der Waals surface area contributed by atoms with Gasteiger partial charge in [0.05, 0.1) is 4.92 Å². The van der Waals surface area contributed by atoms with E-state index in [1.165, 1.54) is 6.07 Å². The highest BCUT2D eigenvalue weighted by Crippen LogP contribution is 2.30. The fourth-order valence-corrected chi connectivity index (χ4v) is 2.27. The maximum Gasteiger partial charge on any atom is 0.287 e. The molecule has 0 heterocycles. The molecule has 90 valence electrons. The van der Waals surface area contributed by atoms with Crippen LogP contribution in [0, 0.1) is 21.4 Å². The molecule has 0 unspecified atom stereocenters.